The van der Waals surface area contributed by atoms with Gasteiger partial charge in [0.1, 0.15) is 11.2 Å². The zero-order valence-corrected chi connectivity index (χ0v) is 12.1. The third kappa shape index (κ3) is 2.66. The van der Waals surface area contributed by atoms with E-state index < -0.39 is 11.0 Å². The van der Waals surface area contributed by atoms with Gasteiger partial charge in [-0.05, 0) is 36.4 Å². The summed E-state index contributed by atoms with van der Waals surface area (Å²) in [6.07, 6.45) is 3.67. The molecule has 1 atom stereocenters. The highest BCUT2D eigenvalue weighted by Crippen LogP contribution is 2.18. The Morgan fingerprint density at radius 2 is 1.95 bits per heavy atom. The van der Waals surface area contributed by atoms with Gasteiger partial charge in [-0.15, -0.1) is 0 Å². The van der Waals surface area contributed by atoms with E-state index in [2.05, 4.69) is 14.7 Å². The maximum Gasteiger partial charge on any atom is 0.257 e. The molecule has 0 amide bonds. The normalized spacial score (nSPS) is 12.0. The van der Waals surface area contributed by atoms with Crippen molar-refractivity contribution in [2.24, 2.45) is 0 Å². The van der Waals surface area contributed by atoms with Gasteiger partial charge in [-0.1, -0.05) is 0 Å². The summed E-state index contributed by atoms with van der Waals surface area (Å²) in [7, 11) is -1.60. The molecular formula is C15H11N3O3S. The molecule has 6 nitrogen and oxygen atoms in total. The van der Waals surface area contributed by atoms with Crippen LogP contribution < -0.4 is 10.3 Å². The molecule has 2 heterocycles. The Labute approximate surface area is 127 Å². The molecule has 0 spiro atoms. The minimum Gasteiger partial charge on any atom is -0.327 e. The lowest BCUT2D eigenvalue weighted by atomic mass is 10.2. The number of H-pyrrole nitrogens is 1. The first-order valence-corrected chi connectivity index (χ1v) is 7.54. The van der Waals surface area contributed by atoms with Gasteiger partial charge in [0.25, 0.3) is 5.56 Å². The zero-order valence-electron chi connectivity index (χ0n) is 11.3. The van der Waals surface area contributed by atoms with Crippen molar-refractivity contribution >= 4 is 33.9 Å². The number of carbonyl (C=O) groups is 1. The Balaban J connectivity index is 1.97. The number of carbonyl (C=O) groups excluding carboxylic acids is 1. The second kappa shape index (κ2) is 5.90. The van der Waals surface area contributed by atoms with Crippen LogP contribution in [0.2, 0.25) is 0 Å². The molecule has 0 saturated carbocycles. The number of rotatable bonds is 4. The van der Waals surface area contributed by atoms with Crippen LogP contribution in [-0.2, 0) is 11.0 Å². The number of hydrogen-bond acceptors (Lipinski definition) is 4. The fourth-order valence-electron chi connectivity index (χ4n) is 2.00. The van der Waals surface area contributed by atoms with Crippen molar-refractivity contribution in [1.82, 2.24) is 9.97 Å². The summed E-state index contributed by atoms with van der Waals surface area (Å²) in [5.41, 5.74) is 1.24. The Morgan fingerprint density at radius 3 is 2.68 bits per heavy atom. The molecule has 0 aliphatic rings. The van der Waals surface area contributed by atoms with Crippen molar-refractivity contribution in [1.29, 1.82) is 0 Å². The quantitative estimate of drug-likeness (QED) is 0.719. The minimum atomic E-state index is -1.60. The van der Waals surface area contributed by atoms with Gasteiger partial charge in [-0.3, -0.25) is 14.6 Å². The van der Waals surface area contributed by atoms with Crippen molar-refractivity contribution in [3.63, 3.8) is 0 Å². The average Bonchev–Trinajstić information content (AvgIpc) is 2.56. The first-order chi connectivity index (χ1) is 10.7. The monoisotopic (exact) mass is 313 g/mol. The van der Waals surface area contributed by atoms with Gasteiger partial charge in [0.15, 0.2) is 11.0 Å². The van der Waals surface area contributed by atoms with E-state index in [1.54, 1.807) is 42.6 Å². The average molecular weight is 313 g/mol. The van der Waals surface area contributed by atoms with Crippen molar-refractivity contribution in [2.75, 3.05) is 4.72 Å². The first-order valence-electron chi connectivity index (χ1n) is 6.39. The van der Waals surface area contributed by atoms with E-state index >= 15 is 0 Å². The summed E-state index contributed by atoms with van der Waals surface area (Å²) in [5.74, 6) is 0. The largest absolute Gasteiger partial charge is 0.327 e. The number of fused-ring (bicyclic) bond motifs is 1. The maximum absolute atomic E-state index is 12.5. The molecule has 1 aromatic carbocycles. The van der Waals surface area contributed by atoms with Gasteiger partial charge in [-0.2, -0.15) is 0 Å². The maximum atomic E-state index is 12.5. The standard InChI is InChI=1S/C15H11N3O3S/c19-9-10-3-5-11(6-4-10)18-22(21)13-8-17-15(20)12-2-1-7-16-14(12)13/h1-9,18H,(H,17,20). The zero-order chi connectivity index (χ0) is 15.5. The van der Waals surface area contributed by atoms with Crippen LogP contribution in [0.3, 0.4) is 0 Å². The second-order valence-electron chi connectivity index (χ2n) is 4.49. The lowest BCUT2D eigenvalue weighted by Gasteiger charge is -2.08. The van der Waals surface area contributed by atoms with Crippen molar-refractivity contribution < 1.29 is 9.00 Å². The van der Waals surface area contributed by atoms with Crippen LogP contribution >= 0.6 is 0 Å². The van der Waals surface area contributed by atoms with E-state index in [1.807, 2.05) is 0 Å². The van der Waals surface area contributed by atoms with E-state index in [1.165, 1.54) is 6.20 Å². The molecule has 0 bridgehead atoms. The topological polar surface area (TPSA) is 91.9 Å². The van der Waals surface area contributed by atoms with E-state index in [0.29, 0.717) is 27.0 Å². The number of pyridine rings is 2. The SMILES string of the molecule is O=Cc1ccc(NS(=O)c2c[nH]c(=O)c3cccnc23)cc1. The molecule has 0 saturated heterocycles. The van der Waals surface area contributed by atoms with Gasteiger partial charge >= 0.3 is 0 Å². The van der Waals surface area contributed by atoms with Crippen LogP contribution in [-0.4, -0.2) is 20.5 Å². The highest BCUT2D eigenvalue weighted by Gasteiger charge is 2.12. The van der Waals surface area contributed by atoms with Crippen LogP contribution in [0.25, 0.3) is 10.9 Å². The number of aromatic amines is 1. The van der Waals surface area contributed by atoms with Gasteiger partial charge in [0.2, 0.25) is 0 Å². The summed E-state index contributed by atoms with van der Waals surface area (Å²) in [6.45, 7) is 0. The van der Waals surface area contributed by atoms with Crippen molar-refractivity contribution in [2.45, 2.75) is 4.90 Å². The number of hydrogen-bond donors (Lipinski definition) is 2. The molecule has 0 aliphatic heterocycles. The van der Waals surface area contributed by atoms with E-state index in [-0.39, 0.29) is 5.56 Å². The Kier molecular flexibility index (Phi) is 3.80. The molecule has 0 aliphatic carbocycles. The van der Waals surface area contributed by atoms with E-state index in [9.17, 15) is 13.8 Å². The molecule has 22 heavy (non-hydrogen) atoms. The molecule has 0 fully saturated rings. The second-order valence-corrected chi connectivity index (χ2v) is 5.67. The highest BCUT2D eigenvalue weighted by atomic mass is 32.2. The summed E-state index contributed by atoms with van der Waals surface area (Å²) in [5, 5.41) is 0.381. The summed E-state index contributed by atoms with van der Waals surface area (Å²) >= 11 is 0. The van der Waals surface area contributed by atoms with Gasteiger partial charge in [0.05, 0.1) is 10.9 Å². The molecule has 2 N–H and O–H groups in total. The van der Waals surface area contributed by atoms with Gasteiger partial charge in [0, 0.05) is 23.6 Å². The summed E-state index contributed by atoms with van der Waals surface area (Å²) in [6, 6.07) is 9.83. The Hall–Kier alpha value is -2.80. The van der Waals surface area contributed by atoms with Crippen LogP contribution in [0.5, 0.6) is 0 Å². The number of aldehydes is 1. The lowest BCUT2D eigenvalue weighted by Crippen LogP contribution is -2.12. The summed E-state index contributed by atoms with van der Waals surface area (Å²) < 4.78 is 15.3. The number of nitrogens with zero attached hydrogens (tertiary/aromatic N) is 1. The molecule has 3 rings (SSSR count). The molecule has 110 valence electrons. The number of anilines is 1. The molecule has 0 radical (unpaired) electrons. The molecular weight excluding hydrogens is 302 g/mol. The van der Waals surface area contributed by atoms with E-state index in [4.69, 9.17) is 0 Å². The fraction of sp³-hybridized carbons (Fsp3) is 0. The number of nitrogens with one attached hydrogen (secondary N) is 2. The van der Waals surface area contributed by atoms with Crippen molar-refractivity contribution in [3.8, 4) is 0 Å². The fourth-order valence-corrected chi connectivity index (χ4v) is 2.96. The van der Waals surface area contributed by atoms with Crippen LogP contribution in [0, 0.1) is 0 Å². The highest BCUT2D eigenvalue weighted by molar-refractivity contribution is 7.86. The predicted molar refractivity (Wildman–Crippen MR) is 84.2 cm³/mol. The molecule has 3 aromatic rings. The lowest BCUT2D eigenvalue weighted by molar-refractivity contribution is 0.112. The van der Waals surface area contributed by atoms with Gasteiger partial charge in [-0.25, -0.2) is 4.21 Å². The third-order valence-electron chi connectivity index (χ3n) is 3.08. The molecule has 1 unspecified atom stereocenters. The number of benzene rings is 1. The Morgan fingerprint density at radius 1 is 1.18 bits per heavy atom. The number of aromatic nitrogens is 2. The minimum absolute atomic E-state index is 0.279. The first kappa shape index (κ1) is 14.2. The van der Waals surface area contributed by atoms with Crippen LogP contribution in [0.15, 0.2) is 58.5 Å². The van der Waals surface area contributed by atoms with Crippen LogP contribution in [0.1, 0.15) is 10.4 Å². The Bertz CT molecular complexity index is 919. The molecule has 2 aromatic heterocycles. The van der Waals surface area contributed by atoms with Crippen LogP contribution in [0.4, 0.5) is 5.69 Å². The van der Waals surface area contributed by atoms with Gasteiger partial charge < -0.3 is 9.71 Å². The predicted octanol–water partition coefficient (Wildman–Crippen LogP) is 1.87. The van der Waals surface area contributed by atoms with E-state index in [0.717, 1.165) is 6.29 Å². The smallest absolute Gasteiger partial charge is 0.257 e. The third-order valence-corrected chi connectivity index (χ3v) is 4.21. The summed E-state index contributed by atoms with van der Waals surface area (Å²) in [4.78, 5) is 29.4. The molecule has 7 heteroatoms. The van der Waals surface area contributed by atoms with Crippen molar-refractivity contribution in [3.05, 3.63) is 64.7 Å².